The molecule has 0 spiro atoms. The van der Waals surface area contributed by atoms with Crippen LogP contribution in [0.1, 0.15) is 77.6 Å². The van der Waals surface area contributed by atoms with Crippen molar-refractivity contribution >= 4 is 27.6 Å². The maximum Gasteiger partial charge on any atom is 0.311 e. The third-order valence-electron chi connectivity index (χ3n) is 11.7. The van der Waals surface area contributed by atoms with Gasteiger partial charge in [0.2, 0.25) is 5.75 Å². The molecule has 6 bridgehead atoms. The van der Waals surface area contributed by atoms with Crippen LogP contribution >= 0.6 is 21.6 Å². The summed E-state index contributed by atoms with van der Waals surface area (Å²) >= 11 is 0. The molecule has 3 atom stereocenters. The number of fused-ring (bicyclic) bond motifs is 2. The summed E-state index contributed by atoms with van der Waals surface area (Å²) < 4.78 is 37.7. The fraction of sp³-hybridized carbons (Fsp3) is 0.444. The van der Waals surface area contributed by atoms with Gasteiger partial charge in [-0.1, -0.05) is 46.2 Å². The van der Waals surface area contributed by atoms with Crippen LogP contribution in [0.3, 0.4) is 0 Å². The van der Waals surface area contributed by atoms with E-state index in [4.69, 9.17) is 28.4 Å². The number of nitrogens with zero attached hydrogens (tertiary/aromatic N) is 2. The Hall–Kier alpha value is -4.03. The Balaban J connectivity index is 1.20. The molecule has 5 aliphatic rings. The van der Waals surface area contributed by atoms with Gasteiger partial charge in [-0.3, -0.25) is 14.6 Å². The number of esters is 1. The van der Waals surface area contributed by atoms with Crippen LogP contribution in [0.4, 0.5) is 0 Å². The van der Waals surface area contributed by atoms with E-state index in [0.29, 0.717) is 64.1 Å². The van der Waals surface area contributed by atoms with E-state index in [2.05, 4.69) is 54.2 Å². The zero-order valence-electron chi connectivity index (χ0n) is 33.1. The highest BCUT2D eigenvalue weighted by atomic mass is 33.1. The van der Waals surface area contributed by atoms with Crippen molar-refractivity contribution in [1.82, 2.24) is 9.80 Å². The number of likely N-dealkylation sites (N-methyl/N-ethyl adjacent to an activating group) is 2. The van der Waals surface area contributed by atoms with E-state index in [0.717, 1.165) is 68.3 Å². The maximum absolute atomic E-state index is 13.2. The minimum Gasteiger partial charge on any atom is -0.493 e. The molecule has 0 aliphatic carbocycles. The van der Waals surface area contributed by atoms with Gasteiger partial charge in [-0.05, 0) is 129 Å². The van der Waals surface area contributed by atoms with Crippen molar-refractivity contribution in [2.75, 3.05) is 54.3 Å². The molecule has 0 radical (unpaired) electrons. The molecular formula is C45H52N2O7S2. The lowest BCUT2D eigenvalue weighted by molar-refractivity contribution is -0.134. The molecule has 5 heterocycles. The quantitative estimate of drug-likeness (QED) is 0.0703. The molecule has 0 saturated carbocycles. The lowest BCUT2D eigenvalue weighted by Crippen LogP contribution is -2.34. The molecule has 0 unspecified atom stereocenters. The lowest BCUT2D eigenvalue weighted by atomic mass is 9.87. The predicted molar refractivity (Wildman–Crippen MR) is 224 cm³/mol. The average molecular weight is 797 g/mol. The number of carbonyl (C=O) groups is 1. The summed E-state index contributed by atoms with van der Waals surface area (Å²) in [5.74, 6) is 5.74. The number of ether oxygens (including phenoxy) is 6. The Morgan fingerprint density at radius 3 is 2.23 bits per heavy atom. The van der Waals surface area contributed by atoms with Crippen molar-refractivity contribution in [3.63, 3.8) is 0 Å². The van der Waals surface area contributed by atoms with Gasteiger partial charge in [0.15, 0.2) is 34.5 Å². The highest BCUT2D eigenvalue weighted by Gasteiger charge is 2.35. The Kier molecular flexibility index (Phi) is 11.9. The topological polar surface area (TPSA) is 78.9 Å². The molecule has 0 N–H and O–H groups in total. The van der Waals surface area contributed by atoms with Crippen LogP contribution in [-0.4, -0.2) is 75.3 Å². The van der Waals surface area contributed by atoms with E-state index < -0.39 is 0 Å². The zero-order chi connectivity index (χ0) is 38.8. The van der Waals surface area contributed by atoms with E-state index in [9.17, 15) is 4.79 Å². The van der Waals surface area contributed by atoms with E-state index >= 15 is 0 Å². The fourth-order valence-electron chi connectivity index (χ4n) is 8.57. The zero-order valence-corrected chi connectivity index (χ0v) is 34.7. The second kappa shape index (κ2) is 17.2. The van der Waals surface area contributed by atoms with Crippen LogP contribution in [0.5, 0.6) is 46.0 Å². The predicted octanol–water partition coefficient (Wildman–Crippen LogP) is 9.77. The molecule has 0 amide bonds. The summed E-state index contributed by atoms with van der Waals surface area (Å²) in [5, 5.41) is 0.702. The van der Waals surface area contributed by atoms with Crippen LogP contribution in [0, 0.1) is 0 Å². The minimum atomic E-state index is -0.237. The van der Waals surface area contributed by atoms with E-state index in [1.165, 1.54) is 28.9 Å². The second-order valence-electron chi connectivity index (χ2n) is 15.3. The highest BCUT2D eigenvalue weighted by molar-refractivity contribution is 8.77. The fourth-order valence-corrected chi connectivity index (χ4v) is 11.6. The standard InChI is InChI=1S/C45H52N2O7S2/c1-46-19-16-30-25-38(49-3)40-27-34(30)35(46)22-28-10-13-32(14-11-28)52-39-24-29(12-15-37(39)53-42(48)9-7-6-8-33-18-21-55-56-33)23-36-43-31(17-20-47(36)2)26-41(50-4)44(51-5)45(43)54-40/h10-15,24-27,33,35-36H,6-9,16-23H2,1-5H3/t33-,35-,36+/m0/s1. The molecule has 1 saturated heterocycles. The van der Waals surface area contributed by atoms with Crippen molar-refractivity contribution in [2.24, 2.45) is 0 Å². The van der Waals surface area contributed by atoms with Gasteiger partial charge in [-0.15, -0.1) is 0 Å². The molecule has 5 aliphatic heterocycles. The maximum atomic E-state index is 13.2. The van der Waals surface area contributed by atoms with Gasteiger partial charge in [-0.25, -0.2) is 0 Å². The van der Waals surface area contributed by atoms with Crippen molar-refractivity contribution < 1.29 is 33.2 Å². The lowest BCUT2D eigenvalue weighted by Gasteiger charge is -2.37. The Labute approximate surface area is 338 Å². The van der Waals surface area contributed by atoms with Crippen LogP contribution in [0.15, 0.2) is 60.7 Å². The monoisotopic (exact) mass is 796 g/mol. The number of hydrogen-bond donors (Lipinski definition) is 0. The first kappa shape index (κ1) is 38.8. The van der Waals surface area contributed by atoms with E-state index in [1.54, 1.807) is 21.3 Å². The first-order valence-electron chi connectivity index (χ1n) is 19.8. The number of rotatable bonds is 9. The van der Waals surface area contributed by atoms with Crippen LogP contribution in [0.2, 0.25) is 0 Å². The van der Waals surface area contributed by atoms with Gasteiger partial charge < -0.3 is 28.4 Å². The molecule has 1 fully saturated rings. The number of benzene rings is 4. The Morgan fingerprint density at radius 1 is 0.768 bits per heavy atom. The smallest absolute Gasteiger partial charge is 0.311 e. The van der Waals surface area contributed by atoms with Crippen molar-refractivity contribution in [3.05, 3.63) is 94.0 Å². The highest BCUT2D eigenvalue weighted by Crippen LogP contribution is 2.52. The average Bonchev–Trinajstić information content (AvgIpc) is 3.73. The van der Waals surface area contributed by atoms with Crippen LogP contribution in [0.25, 0.3) is 0 Å². The first-order valence-corrected chi connectivity index (χ1v) is 22.2. The summed E-state index contributed by atoms with van der Waals surface area (Å²) in [6.45, 7) is 1.79. The Bertz CT molecular complexity index is 2050. The molecule has 9 nitrogen and oxygen atoms in total. The third kappa shape index (κ3) is 8.19. The van der Waals surface area contributed by atoms with Gasteiger partial charge in [0.1, 0.15) is 5.75 Å². The van der Waals surface area contributed by atoms with Crippen LogP contribution < -0.4 is 28.4 Å². The summed E-state index contributed by atoms with van der Waals surface area (Å²) in [6.07, 6.45) is 7.80. The normalized spacial score (nSPS) is 20.6. The number of unbranched alkanes of at least 4 members (excludes halogenated alkanes) is 1. The summed E-state index contributed by atoms with van der Waals surface area (Å²) in [7, 11) is 13.3. The molecule has 4 aromatic carbocycles. The summed E-state index contributed by atoms with van der Waals surface area (Å²) in [5.41, 5.74) is 6.90. The number of methoxy groups -OCH3 is 3. The van der Waals surface area contributed by atoms with E-state index in [1.807, 2.05) is 51.9 Å². The molecule has 9 rings (SSSR count). The first-order chi connectivity index (χ1) is 27.3. The number of carbonyl (C=O) groups excluding carboxylic acids is 1. The molecular weight excluding hydrogens is 745 g/mol. The molecule has 4 aromatic rings. The van der Waals surface area contributed by atoms with E-state index in [-0.39, 0.29) is 18.1 Å². The number of hydrogen-bond acceptors (Lipinski definition) is 11. The summed E-state index contributed by atoms with van der Waals surface area (Å²) in [4.78, 5) is 18.0. The van der Waals surface area contributed by atoms with Crippen molar-refractivity contribution in [3.8, 4) is 46.0 Å². The SMILES string of the molecule is COc1cc2c3cc1Oc1c(OC)c(OC)cc4c1[C@@H](Cc1ccc(OC(=O)CCCC[C@H]5CCSS5)c(c1)Oc1ccc(cc1)C[C@@H]3N(C)CC2)N(C)CC4. The molecule has 296 valence electrons. The Morgan fingerprint density at radius 2 is 1.48 bits per heavy atom. The van der Waals surface area contributed by atoms with Gasteiger partial charge in [0.25, 0.3) is 0 Å². The van der Waals surface area contributed by atoms with Crippen molar-refractivity contribution in [2.45, 2.75) is 75.1 Å². The largest absolute Gasteiger partial charge is 0.493 e. The van der Waals surface area contributed by atoms with Crippen molar-refractivity contribution in [1.29, 1.82) is 0 Å². The third-order valence-corrected chi connectivity index (χ3v) is 14.7. The molecule has 11 heteroatoms. The van der Waals surface area contributed by atoms with Crippen LogP contribution in [-0.2, 0) is 30.5 Å². The van der Waals surface area contributed by atoms with Gasteiger partial charge in [0.05, 0.1) is 21.3 Å². The summed E-state index contributed by atoms with van der Waals surface area (Å²) in [6, 6.07) is 20.7. The second-order valence-corrected chi connectivity index (χ2v) is 18.1. The molecule has 0 aromatic heterocycles. The molecule has 56 heavy (non-hydrogen) atoms. The van der Waals surface area contributed by atoms with Gasteiger partial charge in [-0.2, -0.15) is 0 Å². The minimum absolute atomic E-state index is 0.0769. The van der Waals surface area contributed by atoms with Gasteiger partial charge in [0, 0.05) is 48.2 Å². The van der Waals surface area contributed by atoms with Gasteiger partial charge >= 0.3 is 5.97 Å².